The second-order valence-electron chi connectivity index (χ2n) is 4.83. The Balaban J connectivity index is 2.11. The van der Waals surface area contributed by atoms with Crippen molar-refractivity contribution in [1.29, 1.82) is 0 Å². The van der Waals surface area contributed by atoms with Crippen molar-refractivity contribution >= 4 is 17.5 Å². The number of hydrogen-bond acceptors (Lipinski definition) is 3. The lowest BCUT2D eigenvalue weighted by Gasteiger charge is -2.35. The van der Waals surface area contributed by atoms with Gasteiger partial charge in [0.05, 0.1) is 10.6 Å². The molecule has 2 rings (SSSR count). The van der Waals surface area contributed by atoms with Gasteiger partial charge in [-0.05, 0) is 32.5 Å². The molecule has 1 aliphatic rings. The number of aromatic nitrogens is 1. The molecule has 1 saturated heterocycles. The van der Waals surface area contributed by atoms with E-state index >= 15 is 0 Å². The molecule has 0 N–H and O–H groups in total. The number of pyridine rings is 1. The fourth-order valence-corrected chi connectivity index (χ4v) is 2.53. The summed E-state index contributed by atoms with van der Waals surface area (Å²) in [6, 6.07) is 1.91. The Kier molecular flexibility index (Phi) is 4.19. The highest BCUT2D eigenvalue weighted by Crippen LogP contribution is 2.19. The molecule has 98 valence electrons. The molecule has 0 radical (unpaired) electrons. The Hall–Kier alpha value is -1.13. The Bertz CT molecular complexity index is 438. The van der Waals surface area contributed by atoms with E-state index in [1.165, 1.54) is 6.20 Å². The van der Waals surface area contributed by atoms with Crippen LogP contribution in [0.5, 0.6) is 0 Å². The zero-order chi connectivity index (χ0) is 13.1. The Morgan fingerprint density at radius 1 is 1.61 bits per heavy atom. The van der Waals surface area contributed by atoms with E-state index in [0.717, 1.165) is 25.9 Å². The third-order valence-corrected chi connectivity index (χ3v) is 3.80. The van der Waals surface area contributed by atoms with E-state index in [1.54, 1.807) is 17.2 Å². The first kappa shape index (κ1) is 13.3. The largest absolute Gasteiger partial charge is 0.337 e. The van der Waals surface area contributed by atoms with Crippen LogP contribution >= 0.6 is 11.6 Å². The Morgan fingerprint density at radius 3 is 3.06 bits per heavy atom. The summed E-state index contributed by atoms with van der Waals surface area (Å²) in [6.07, 6.45) is 5.30. The molecule has 0 aliphatic carbocycles. The van der Waals surface area contributed by atoms with Crippen LogP contribution in [0.1, 0.15) is 23.2 Å². The quantitative estimate of drug-likeness (QED) is 0.821. The van der Waals surface area contributed by atoms with Crippen LogP contribution in [-0.2, 0) is 0 Å². The number of carbonyl (C=O) groups excluding carboxylic acids is 1. The average molecular weight is 268 g/mol. The number of likely N-dealkylation sites (tertiary alicyclic amines) is 1. The summed E-state index contributed by atoms with van der Waals surface area (Å²) in [6.45, 7) is 2.02. The molecule has 1 aromatic heterocycles. The molecule has 2 heterocycles. The second kappa shape index (κ2) is 5.67. The smallest absolute Gasteiger partial charge is 0.256 e. The van der Waals surface area contributed by atoms with E-state index in [4.69, 9.17) is 11.6 Å². The highest BCUT2D eigenvalue weighted by Gasteiger charge is 2.26. The maximum Gasteiger partial charge on any atom is 0.256 e. The summed E-state index contributed by atoms with van der Waals surface area (Å²) in [4.78, 5) is 20.4. The third-order valence-electron chi connectivity index (χ3n) is 3.47. The van der Waals surface area contributed by atoms with Gasteiger partial charge in [0.2, 0.25) is 0 Å². The van der Waals surface area contributed by atoms with Gasteiger partial charge in [-0.15, -0.1) is 0 Å². The van der Waals surface area contributed by atoms with E-state index in [1.807, 2.05) is 7.05 Å². The Labute approximate surface area is 113 Å². The molecule has 0 spiro atoms. The monoisotopic (exact) mass is 267 g/mol. The van der Waals surface area contributed by atoms with E-state index in [9.17, 15) is 4.79 Å². The molecule has 0 saturated carbocycles. The van der Waals surface area contributed by atoms with Crippen LogP contribution in [-0.4, -0.2) is 53.9 Å². The number of nitrogens with zero attached hydrogens (tertiary/aromatic N) is 3. The third kappa shape index (κ3) is 2.82. The minimum Gasteiger partial charge on any atom is -0.337 e. The number of amides is 1. The molecule has 1 aromatic rings. The van der Waals surface area contributed by atoms with Crippen molar-refractivity contribution in [3.05, 3.63) is 29.0 Å². The van der Waals surface area contributed by atoms with Crippen LogP contribution in [0.25, 0.3) is 0 Å². The fraction of sp³-hybridized carbons (Fsp3) is 0.538. The van der Waals surface area contributed by atoms with Gasteiger partial charge in [0.25, 0.3) is 5.91 Å². The maximum atomic E-state index is 12.4. The topological polar surface area (TPSA) is 36.4 Å². The normalized spacial score (nSPS) is 20.7. The summed E-state index contributed by atoms with van der Waals surface area (Å²) in [7, 11) is 3.93. The number of rotatable bonds is 2. The molecule has 0 bridgehead atoms. The lowest BCUT2D eigenvalue weighted by atomic mass is 10.0. The molecule has 1 fully saturated rings. The van der Waals surface area contributed by atoms with Crippen molar-refractivity contribution in [2.45, 2.75) is 18.9 Å². The van der Waals surface area contributed by atoms with Gasteiger partial charge in [-0.2, -0.15) is 0 Å². The molecular formula is C13H18ClN3O. The minimum absolute atomic E-state index is 0.0478. The molecule has 4 nitrogen and oxygen atoms in total. The highest BCUT2D eigenvalue weighted by atomic mass is 35.5. The lowest BCUT2D eigenvalue weighted by Crippen LogP contribution is -2.47. The maximum absolute atomic E-state index is 12.4. The minimum atomic E-state index is -0.0478. The first-order valence-electron chi connectivity index (χ1n) is 6.15. The van der Waals surface area contributed by atoms with Crippen LogP contribution < -0.4 is 0 Å². The SMILES string of the molecule is CN1CCCC(N(C)C(=O)c2cnccc2Cl)C1. The van der Waals surface area contributed by atoms with Gasteiger partial charge in [-0.3, -0.25) is 9.78 Å². The van der Waals surface area contributed by atoms with Crippen molar-refractivity contribution in [1.82, 2.24) is 14.8 Å². The zero-order valence-electron chi connectivity index (χ0n) is 10.8. The van der Waals surface area contributed by atoms with Crippen LogP contribution in [0.4, 0.5) is 0 Å². The van der Waals surface area contributed by atoms with Gasteiger partial charge in [0.1, 0.15) is 0 Å². The second-order valence-corrected chi connectivity index (χ2v) is 5.24. The van der Waals surface area contributed by atoms with Gasteiger partial charge in [-0.1, -0.05) is 11.6 Å². The summed E-state index contributed by atoms with van der Waals surface area (Å²) in [5.74, 6) is -0.0478. The molecule has 1 aliphatic heterocycles. The summed E-state index contributed by atoms with van der Waals surface area (Å²) in [5, 5.41) is 0.464. The first-order chi connectivity index (χ1) is 8.59. The fourth-order valence-electron chi connectivity index (χ4n) is 2.35. The molecule has 5 heteroatoms. The van der Waals surface area contributed by atoms with Gasteiger partial charge in [0, 0.05) is 32.0 Å². The van der Waals surface area contributed by atoms with E-state index in [-0.39, 0.29) is 11.9 Å². The molecule has 1 amide bonds. The number of piperidine rings is 1. The molecular weight excluding hydrogens is 250 g/mol. The van der Waals surface area contributed by atoms with Crippen molar-refractivity contribution < 1.29 is 4.79 Å². The zero-order valence-corrected chi connectivity index (χ0v) is 11.5. The van der Waals surface area contributed by atoms with Gasteiger partial charge < -0.3 is 9.80 Å². The number of hydrogen-bond donors (Lipinski definition) is 0. The van der Waals surface area contributed by atoms with Gasteiger partial charge in [-0.25, -0.2) is 0 Å². The van der Waals surface area contributed by atoms with Gasteiger partial charge >= 0.3 is 0 Å². The molecule has 18 heavy (non-hydrogen) atoms. The number of likely N-dealkylation sites (N-methyl/N-ethyl adjacent to an activating group) is 2. The highest BCUT2D eigenvalue weighted by molar-refractivity contribution is 6.33. The van der Waals surface area contributed by atoms with Gasteiger partial charge in [0.15, 0.2) is 0 Å². The standard InChI is InChI=1S/C13H18ClN3O/c1-16-7-3-4-10(9-16)17(2)13(18)11-8-15-6-5-12(11)14/h5-6,8,10H,3-4,7,9H2,1-2H3. The van der Waals surface area contributed by atoms with Crippen molar-refractivity contribution in [2.24, 2.45) is 0 Å². The van der Waals surface area contributed by atoms with Crippen LogP contribution in [0, 0.1) is 0 Å². The summed E-state index contributed by atoms with van der Waals surface area (Å²) in [5.41, 5.74) is 0.481. The van der Waals surface area contributed by atoms with E-state index < -0.39 is 0 Å². The van der Waals surface area contributed by atoms with Crippen molar-refractivity contribution in [2.75, 3.05) is 27.2 Å². The van der Waals surface area contributed by atoms with Crippen LogP contribution in [0.3, 0.4) is 0 Å². The van der Waals surface area contributed by atoms with Crippen molar-refractivity contribution in [3.8, 4) is 0 Å². The first-order valence-corrected chi connectivity index (χ1v) is 6.52. The summed E-state index contributed by atoms with van der Waals surface area (Å²) >= 11 is 6.03. The van der Waals surface area contributed by atoms with Crippen LogP contribution in [0.15, 0.2) is 18.5 Å². The Morgan fingerprint density at radius 2 is 2.39 bits per heavy atom. The average Bonchev–Trinajstić information content (AvgIpc) is 2.37. The van der Waals surface area contributed by atoms with Crippen LogP contribution in [0.2, 0.25) is 5.02 Å². The molecule has 1 atom stereocenters. The van der Waals surface area contributed by atoms with Crippen molar-refractivity contribution in [3.63, 3.8) is 0 Å². The molecule has 1 unspecified atom stereocenters. The summed E-state index contributed by atoms with van der Waals surface area (Å²) < 4.78 is 0. The number of halogens is 1. The van der Waals surface area contributed by atoms with E-state index in [0.29, 0.717) is 10.6 Å². The lowest BCUT2D eigenvalue weighted by molar-refractivity contribution is 0.0644. The predicted octanol–water partition coefficient (Wildman–Crippen LogP) is 1.90. The predicted molar refractivity (Wildman–Crippen MR) is 71.9 cm³/mol. The number of carbonyl (C=O) groups is 1. The molecule has 0 aromatic carbocycles. The van der Waals surface area contributed by atoms with E-state index in [2.05, 4.69) is 16.9 Å².